The van der Waals surface area contributed by atoms with Crippen LogP contribution in [-0.4, -0.2) is 14.3 Å². The van der Waals surface area contributed by atoms with E-state index in [1.165, 1.54) is 12.1 Å². The Morgan fingerprint density at radius 2 is 2.00 bits per heavy atom. The summed E-state index contributed by atoms with van der Waals surface area (Å²) in [7, 11) is -3.81. The minimum absolute atomic E-state index is 0.0693. The summed E-state index contributed by atoms with van der Waals surface area (Å²) in [5.41, 5.74) is 0.979. The molecule has 0 spiro atoms. The molecule has 0 unspecified atom stereocenters. The van der Waals surface area contributed by atoms with Crippen LogP contribution in [0.2, 0.25) is 5.02 Å². The molecule has 1 rings (SSSR count). The van der Waals surface area contributed by atoms with Crippen molar-refractivity contribution in [2.75, 3.05) is 5.32 Å². The monoisotopic (exact) mass is 318 g/mol. The summed E-state index contributed by atoms with van der Waals surface area (Å²) in [5, 5.41) is 7.92. The standard InChI is InChI=1S/C13H19ClN2O3S/c1-8(2)4-5-12(17)16-13-9(3)6-10(7-11(13)14)20(15,18)19/h6-8H,4-5H2,1-3H3,(H,16,17)(H2,15,18,19). The Hall–Kier alpha value is -1.11. The van der Waals surface area contributed by atoms with E-state index in [2.05, 4.69) is 5.32 Å². The first-order valence-electron chi connectivity index (χ1n) is 6.24. The first-order chi connectivity index (χ1) is 9.11. The van der Waals surface area contributed by atoms with E-state index in [0.717, 1.165) is 6.42 Å². The number of primary sulfonamides is 1. The molecule has 0 aliphatic carbocycles. The molecule has 5 nitrogen and oxygen atoms in total. The van der Waals surface area contributed by atoms with E-state index >= 15 is 0 Å². The quantitative estimate of drug-likeness (QED) is 0.874. The third-order valence-electron chi connectivity index (χ3n) is 2.80. The summed E-state index contributed by atoms with van der Waals surface area (Å²) < 4.78 is 22.6. The number of nitrogens with two attached hydrogens (primary N) is 1. The van der Waals surface area contributed by atoms with Crippen LogP contribution in [0.5, 0.6) is 0 Å². The van der Waals surface area contributed by atoms with Crippen molar-refractivity contribution in [3.8, 4) is 0 Å². The number of rotatable bonds is 5. The Labute approximate surface area is 124 Å². The fourth-order valence-corrected chi connectivity index (χ4v) is 2.66. The van der Waals surface area contributed by atoms with E-state index in [-0.39, 0.29) is 15.8 Å². The van der Waals surface area contributed by atoms with Gasteiger partial charge in [0, 0.05) is 6.42 Å². The predicted octanol–water partition coefficient (Wildman–Crippen LogP) is 2.67. The summed E-state index contributed by atoms with van der Waals surface area (Å²) in [5.74, 6) is 0.286. The van der Waals surface area contributed by atoms with Crippen LogP contribution in [0.15, 0.2) is 17.0 Å². The molecule has 0 radical (unpaired) electrons. The lowest BCUT2D eigenvalue weighted by Gasteiger charge is -2.12. The van der Waals surface area contributed by atoms with Gasteiger partial charge in [-0.2, -0.15) is 0 Å². The number of benzene rings is 1. The molecule has 1 amide bonds. The maximum absolute atomic E-state index is 11.8. The van der Waals surface area contributed by atoms with Crippen LogP contribution in [-0.2, 0) is 14.8 Å². The van der Waals surface area contributed by atoms with Crippen LogP contribution in [0.4, 0.5) is 5.69 Å². The summed E-state index contributed by atoms with van der Waals surface area (Å²) >= 11 is 6.01. The first-order valence-corrected chi connectivity index (χ1v) is 8.16. The number of hydrogen-bond donors (Lipinski definition) is 2. The third-order valence-corrected chi connectivity index (χ3v) is 3.99. The number of anilines is 1. The van der Waals surface area contributed by atoms with Crippen molar-refractivity contribution in [3.05, 3.63) is 22.7 Å². The van der Waals surface area contributed by atoms with Crippen LogP contribution in [0, 0.1) is 12.8 Å². The summed E-state index contributed by atoms with van der Waals surface area (Å²) in [4.78, 5) is 11.7. The highest BCUT2D eigenvalue weighted by Gasteiger charge is 2.15. The number of amides is 1. The van der Waals surface area contributed by atoms with Gasteiger partial charge >= 0.3 is 0 Å². The highest BCUT2D eigenvalue weighted by Crippen LogP contribution is 2.29. The van der Waals surface area contributed by atoms with Crippen molar-refractivity contribution in [2.24, 2.45) is 11.1 Å². The summed E-state index contributed by atoms with van der Waals surface area (Å²) in [6.07, 6.45) is 1.17. The number of nitrogens with one attached hydrogen (secondary N) is 1. The van der Waals surface area contributed by atoms with Crippen LogP contribution < -0.4 is 10.5 Å². The molecule has 7 heteroatoms. The maximum atomic E-state index is 11.8. The Morgan fingerprint density at radius 1 is 1.40 bits per heavy atom. The fourth-order valence-electron chi connectivity index (χ4n) is 1.66. The second kappa shape index (κ2) is 6.56. The van der Waals surface area contributed by atoms with Gasteiger partial charge in [-0.05, 0) is 37.0 Å². The maximum Gasteiger partial charge on any atom is 0.238 e. The van der Waals surface area contributed by atoms with Crippen molar-refractivity contribution in [3.63, 3.8) is 0 Å². The lowest BCUT2D eigenvalue weighted by atomic mass is 10.1. The second-order valence-corrected chi connectivity index (χ2v) is 7.09. The fraction of sp³-hybridized carbons (Fsp3) is 0.462. The largest absolute Gasteiger partial charge is 0.325 e. The zero-order valence-corrected chi connectivity index (χ0v) is 13.3. The van der Waals surface area contributed by atoms with E-state index in [4.69, 9.17) is 16.7 Å². The summed E-state index contributed by atoms with van der Waals surface area (Å²) in [6.45, 7) is 5.73. The van der Waals surface area contributed by atoms with Crippen LogP contribution in [0.25, 0.3) is 0 Å². The van der Waals surface area contributed by atoms with Gasteiger partial charge in [0.1, 0.15) is 0 Å². The second-order valence-electron chi connectivity index (χ2n) is 5.12. The zero-order chi connectivity index (χ0) is 15.5. The molecule has 0 saturated carbocycles. The number of carbonyl (C=O) groups excluding carboxylic acids is 1. The smallest absolute Gasteiger partial charge is 0.238 e. The van der Waals surface area contributed by atoms with E-state index in [0.29, 0.717) is 23.6 Å². The highest BCUT2D eigenvalue weighted by atomic mass is 35.5. The van der Waals surface area contributed by atoms with Crippen LogP contribution in [0.3, 0.4) is 0 Å². The molecule has 0 heterocycles. The van der Waals surface area contributed by atoms with Crippen LogP contribution in [0.1, 0.15) is 32.3 Å². The molecule has 0 fully saturated rings. The van der Waals surface area contributed by atoms with Gasteiger partial charge in [0.2, 0.25) is 15.9 Å². The van der Waals surface area contributed by atoms with Gasteiger partial charge in [0.15, 0.2) is 0 Å². The van der Waals surface area contributed by atoms with E-state index in [9.17, 15) is 13.2 Å². The SMILES string of the molecule is Cc1cc(S(N)(=O)=O)cc(Cl)c1NC(=O)CCC(C)C. The molecule has 1 aromatic rings. The number of sulfonamides is 1. The van der Waals surface area contributed by atoms with Gasteiger partial charge in [0.05, 0.1) is 15.6 Å². The average Bonchev–Trinajstić information content (AvgIpc) is 2.29. The van der Waals surface area contributed by atoms with Crippen molar-refractivity contribution in [1.82, 2.24) is 0 Å². The Bertz CT molecular complexity index is 589. The molecule has 3 N–H and O–H groups in total. The average molecular weight is 319 g/mol. The highest BCUT2D eigenvalue weighted by molar-refractivity contribution is 7.89. The molecule has 112 valence electrons. The molecular weight excluding hydrogens is 300 g/mol. The number of hydrogen-bond acceptors (Lipinski definition) is 3. The Morgan fingerprint density at radius 3 is 2.45 bits per heavy atom. The molecule has 0 aromatic heterocycles. The van der Waals surface area contributed by atoms with Gasteiger partial charge in [0.25, 0.3) is 0 Å². The van der Waals surface area contributed by atoms with Crippen molar-refractivity contribution in [1.29, 1.82) is 0 Å². The van der Waals surface area contributed by atoms with E-state index < -0.39 is 10.0 Å². The van der Waals surface area contributed by atoms with Crippen LogP contribution >= 0.6 is 11.6 Å². The zero-order valence-electron chi connectivity index (χ0n) is 11.7. The van der Waals surface area contributed by atoms with Crippen molar-refractivity contribution in [2.45, 2.75) is 38.5 Å². The molecule has 0 aliphatic rings. The van der Waals surface area contributed by atoms with Gasteiger partial charge < -0.3 is 5.32 Å². The Balaban J connectivity index is 2.95. The first kappa shape index (κ1) is 16.9. The molecule has 0 saturated heterocycles. The van der Waals surface area contributed by atoms with E-state index in [1.807, 2.05) is 13.8 Å². The van der Waals surface area contributed by atoms with Gasteiger partial charge in [-0.3, -0.25) is 4.79 Å². The minimum atomic E-state index is -3.81. The predicted molar refractivity (Wildman–Crippen MR) is 80.3 cm³/mol. The third kappa shape index (κ3) is 4.77. The molecule has 0 atom stereocenters. The Kier molecular flexibility index (Phi) is 5.56. The van der Waals surface area contributed by atoms with Crippen molar-refractivity contribution < 1.29 is 13.2 Å². The lowest BCUT2D eigenvalue weighted by Crippen LogP contribution is -2.15. The minimum Gasteiger partial charge on any atom is -0.325 e. The van der Waals surface area contributed by atoms with Crippen molar-refractivity contribution >= 4 is 33.2 Å². The van der Waals surface area contributed by atoms with Gasteiger partial charge in [-0.1, -0.05) is 25.4 Å². The molecule has 0 bridgehead atoms. The number of carbonyl (C=O) groups is 1. The molecule has 20 heavy (non-hydrogen) atoms. The van der Waals surface area contributed by atoms with Gasteiger partial charge in [-0.15, -0.1) is 0 Å². The normalized spacial score (nSPS) is 11.7. The molecule has 0 aliphatic heterocycles. The number of aryl methyl sites for hydroxylation is 1. The summed E-state index contributed by atoms with van der Waals surface area (Å²) in [6, 6.07) is 2.63. The topological polar surface area (TPSA) is 89.3 Å². The lowest BCUT2D eigenvalue weighted by molar-refractivity contribution is -0.116. The molecular formula is C13H19ClN2O3S. The van der Waals surface area contributed by atoms with E-state index in [1.54, 1.807) is 6.92 Å². The molecule has 1 aromatic carbocycles. The van der Waals surface area contributed by atoms with Gasteiger partial charge in [-0.25, -0.2) is 13.6 Å². The number of halogens is 1.